The summed E-state index contributed by atoms with van der Waals surface area (Å²) in [5.41, 5.74) is 2.55. The lowest BCUT2D eigenvalue weighted by Gasteiger charge is -2.49. The molecule has 2 bridgehead atoms. The maximum atomic E-state index is 15.3. The number of aromatic nitrogens is 2. The van der Waals surface area contributed by atoms with Crippen LogP contribution in [0.15, 0.2) is 81.8 Å². The van der Waals surface area contributed by atoms with Crippen molar-refractivity contribution in [2.45, 2.75) is 36.5 Å². The van der Waals surface area contributed by atoms with Gasteiger partial charge in [-0.05, 0) is 36.3 Å². The molecule has 5 aliphatic rings. The lowest BCUT2D eigenvalue weighted by Crippen LogP contribution is -2.53. The Labute approximate surface area is 201 Å². The highest BCUT2D eigenvalue weighted by Gasteiger charge is 2.60. The molecule has 34 heavy (non-hydrogen) atoms. The highest BCUT2D eigenvalue weighted by Crippen LogP contribution is 2.58. The molecular formula is C26H22F2N4OS. The SMILES string of the molecule is COC1=CC=CC(Nc2ncc3c(n2)-c2ccc(S)cc2C(C24CC(=CC=C2F)C4F)=NC3)C1. The van der Waals surface area contributed by atoms with Crippen LogP contribution in [-0.4, -0.2) is 35.0 Å². The monoisotopic (exact) mass is 476 g/mol. The van der Waals surface area contributed by atoms with Crippen molar-refractivity contribution in [2.24, 2.45) is 10.4 Å². The molecule has 0 saturated heterocycles. The molecule has 3 atom stereocenters. The van der Waals surface area contributed by atoms with Gasteiger partial charge in [-0.15, -0.1) is 12.6 Å². The van der Waals surface area contributed by atoms with E-state index >= 15 is 8.78 Å². The maximum absolute atomic E-state index is 15.3. The van der Waals surface area contributed by atoms with Crippen LogP contribution in [0.4, 0.5) is 14.7 Å². The Kier molecular flexibility index (Phi) is 4.95. The number of halogens is 2. The summed E-state index contributed by atoms with van der Waals surface area (Å²) < 4.78 is 35.8. The highest BCUT2D eigenvalue weighted by molar-refractivity contribution is 7.80. The second kappa shape index (κ2) is 7.91. The smallest absolute Gasteiger partial charge is 0.223 e. The van der Waals surface area contributed by atoms with E-state index in [1.165, 1.54) is 12.2 Å². The Hall–Kier alpha value is -3.26. The summed E-state index contributed by atoms with van der Waals surface area (Å²) in [5, 5.41) is 3.34. The van der Waals surface area contributed by atoms with Gasteiger partial charge in [0, 0.05) is 34.2 Å². The number of benzene rings is 1. The molecule has 0 spiro atoms. The average Bonchev–Trinajstić information content (AvgIpc) is 3.00. The standard InChI is InChI=1S/C26H22F2N4OS/c1-33-17-4-2-3-16(9-17)31-25-30-13-15-12-29-24(26-11-14(23(26)28)5-8-21(26)27)20-10-18(34)6-7-19(20)22(15)32-25/h2-8,10,13,16,23,34H,9,11-12H2,1H3,(H,30,31,32). The average molecular weight is 477 g/mol. The lowest BCUT2D eigenvalue weighted by molar-refractivity contribution is 0.137. The normalized spacial score (nSPS) is 26.6. The zero-order valence-corrected chi connectivity index (χ0v) is 19.3. The van der Waals surface area contributed by atoms with Crippen LogP contribution in [0.2, 0.25) is 0 Å². The number of rotatable bonds is 4. The van der Waals surface area contributed by atoms with Gasteiger partial charge in [-0.1, -0.05) is 24.3 Å². The van der Waals surface area contributed by atoms with E-state index in [9.17, 15) is 0 Å². The Bertz CT molecular complexity index is 1360. The Morgan fingerprint density at radius 1 is 1.21 bits per heavy atom. The fraction of sp³-hybridized carbons (Fsp3) is 0.269. The Morgan fingerprint density at radius 3 is 2.88 bits per heavy atom. The largest absolute Gasteiger partial charge is 0.501 e. The summed E-state index contributed by atoms with van der Waals surface area (Å²) >= 11 is 4.50. The van der Waals surface area contributed by atoms with E-state index in [-0.39, 0.29) is 12.6 Å². The van der Waals surface area contributed by atoms with Crippen molar-refractivity contribution in [3.05, 3.63) is 83.1 Å². The van der Waals surface area contributed by atoms with Crippen LogP contribution in [0.1, 0.15) is 24.0 Å². The molecular weight excluding hydrogens is 454 g/mol. The van der Waals surface area contributed by atoms with E-state index < -0.39 is 17.4 Å². The zero-order valence-electron chi connectivity index (χ0n) is 18.4. The fourth-order valence-electron chi connectivity index (χ4n) is 5.14. The van der Waals surface area contributed by atoms with Gasteiger partial charge in [-0.3, -0.25) is 4.99 Å². The number of hydrogen-bond donors (Lipinski definition) is 2. The van der Waals surface area contributed by atoms with Crippen LogP contribution in [0.5, 0.6) is 0 Å². The van der Waals surface area contributed by atoms with E-state index in [4.69, 9.17) is 14.7 Å². The molecule has 0 radical (unpaired) electrons. The first-order valence-corrected chi connectivity index (χ1v) is 11.6. The second-order valence-corrected chi connectivity index (χ2v) is 9.42. The van der Waals surface area contributed by atoms with Crippen molar-refractivity contribution in [2.75, 3.05) is 12.4 Å². The van der Waals surface area contributed by atoms with Crippen molar-refractivity contribution in [3.63, 3.8) is 0 Å². The first kappa shape index (κ1) is 21.3. The van der Waals surface area contributed by atoms with Crippen LogP contribution in [-0.2, 0) is 11.3 Å². The van der Waals surface area contributed by atoms with Gasteiger partial charge in [0.15, 0.2) is 0 Å². The number of thiol groups is 1. The molecule has 1 saturated carbocycles. The van der Waals surface area contributed by atoms with Gasteiger partial charge in [0.1, 0.15) is 17.4 Å². The third kappa shape index (κ3) is 3.15. The molecule has 0 amide bonds. The molecule has 172 valence electrons. The van der Waals surface area contributed by atoms with Gasteiger partial charge in [-0.2, -0.15) is 0 Å². The highest BCUT2D eigenvalue weighted by atomic mass is 32.1. The molecule has 8 heteroatoms. The van der Waals surface area contributed by atoms with E-state index in [0.717, 1.165) is 16.9 Å². The van der Waals surface area contributed by atoms with Crippen molar-refractivity contribution in [1.29, 1.82) is 0 Å². The van der Waals surface area contributed by atoms with Crippen LogP contribution in [0, 0.1) is 5.41 Å². The number of fused-ring (bicyclic) bond motifs is 4. The van der Waals surface area contributed by atoms with Gasteiger partial charge in [0.05, 0.1) is 36.9 Å². The number of alkyl halides is 1. The molecule has 3 unspecified atom stereocenters. The van der Waals surface area contributed by atoms with Crippen molar-refractivity contribution in [3.8, 4) is 11.3 Å². The summed E-state index contributed by atoms with van der Waals surface area (Å²) in [6.07, 6.45) is 10.1. The van der Waals surface area contributed by atoms with Gasteiger partial charge in [-0.25, -0.2) is 18.7 Å². The van der Waals surface area contributed by atoms with E-state index in [2.05, 4.69) is 22.9 Å². The minimum Gasteiger partial charge on any atom is -0.501 e. The molecule has 4 aliphatic carbocycles. The van der Waals surface area contributed by atoms with Gasteiger partial charge >= 0.3 is 0 Å². The number of aliphatic imine (C=N–C) groups is 1. The van der Waals surface area contributed by atoms with E-state index in [1.54, 1.807) is 13.3 Å². The van der Waals surface area contributed by atoms with Crippen LogP contribution >= 0.6 is 12.6 Å². The zero-order chi connectivity index (χ0) is 23.4. The first-order valence-electron chi connectivity index (χ1n) is 11.1. The summed E-state index contributed by atoms with van der Waals surface area (Å²) in [5.74, 6) is 0.847. The quantitative estimate of drug-likeness (QED) is 0.570. The van der Waals surface area contributed by atoms with E-state index in [1.807, 2.05) is 36.4 Å². The third-order valence-electron chi connectivity index (χ3n) is 6.94. The molecule has 1 aliphatic heterocycles. The predicted octanol–water partition coefficient (Wildman–Crippen LogP) is 5.53. The predicted molar refractivity (Wildman–Crippen MR) is 130 cm³/mol. The molecule has 1 aromatic heterocycles. The number of nitrogens with zero attached hydrogens (tertiary/aromatic N) is 3. The van der Waals surface area contributed by atoms with Crippen molar-refractivity contribution < 1.29 is 13.5 Å². The van der Waals surface area contributed by atoms with Gasteiger partial charge in [0.2, 0.25) is 5.95 Å². The summed E-state index contributed by atoms with van der Waals surface area (Å²) in [4.78, 5) is 14.7. The van der Waals surface area contributed by atoms with Crippen LogP contribution in [0.3, 0.4) is 0 Å². The summed E-state index contributed by atoms with van der Waals surface area (Å²) in [7, 11) is 1.65. The van der Waals surface area contributed by atoms with Crippen molar-refractivity contribution in [1.82, 2.24) is 9.97 Å². The molecule has 2 aromatic rings. The lowest BCUT2D eigenvalue weighted by atomic mass is 9.56. The number of ether oxygens (including phenoxy) is 1. The summed E-state index contributed by atoms with van der Waals surface area (Å²) in [6.45, 7) is 0.238. The number of anilines is 1. The Morgan fingerprint density at radius 2 is 2.09 bits per heavy atom. The van der Waals surface area contributed by atoms with Crippen LogP contribution in [0.25, 0.3) is 11.3 Å². The maximum Gasteiger partial charge on any atom is 0.223 e. The number of allylic oxidation sites excluding steroid dienone is 6. The number of hydrogen-bond acceptors (Lipinski definition) is 6. The first-order chi connectivity index (χ1) is 16.5. The van der Waals surface area contributed by atoms with Crippen molar-refractivity contribution >= 4 is 24.3 Å². The second-order valence-electron chi connectivity index (χ2n) is 8.91. The number of methoxy groups -OCH3 is 1. The van der Waals surface area contributed by atoms with Gasteiger partial charge in [0.25, 0.3) is 0 Å². The molecule has 1 aromatic carbocycles. The molecule has 5 nitrogen and oxygen atoms in total. The van der Waals surface area contributed by atoms with E-state index in [0.29, 0.717) is 46.2 Å². The minimum atomic E-state index is -1.42. The van der Waals surface area contributed by atoms with Crippen LogP contribution < -0.4 is 5.32 Å². The fourth-order valence-corrected chi connectivity index (χ4v) is 5.34. The molecule has 7 rings (SSSR count). The molecule has 2 heterocycles. The minimum absolute atomic E-state index is 0.0114. The molecule has 1 N–H and O–H groups in total. The Balaban J connectivity index is 1.41. The third-order valence-corrected chi connectivity index (χ3v) is 7.22. The topological polar surface area (TPSA) is 59.4 Å². The van der Waals surface area contributed by atoms with Gasteiger partial charge < -0.3 is 10.1 Å². The summed E-state index contributed by atoms with van der Waals surface area (Å²) in [6, 6.07) is 5.56. The number of nitrogens with one attached hydrogen (secondary N) is 1. The molecule has 1 fully saturated rings.